The maximum absolute atomic E-state index is 13.3. The second-order valence-electron chi connectivity index (χ2n) is 6.18. The molecule has 3 rings (SSSR count). The zero-order valence-corrected chi connectivity index (χ0v) is 14.2. The van der Waals surface area contributed by atoms with Gasteiger partial charge in [-0.2, -0.15) is 0 Å². The van der Waals surface area contributed by atoms with E-state index in [0.29, 0.717) is 11.9 Å². The fourth-order valence-electron chi connectivity index (χ4n) is 3.20. The second-order valence-corrected chi connectivity index (χ2v) is 6.18. The molecule has 0 radical (unpaired) electrons. The average molecular weight is 330 g/mol. The molecule has 1 aliphatic rings. The van der Waals surface area contributed by atoms with Gasteiger partial charge in [0.2, 0.25) is 5.88 Å². The Balaban J connectivity index is 1.56. The molecular formula is C18H23FN4O. The predicted molar refractivity (Wildman–Crippen MR) is 91.7 cm³/mol. The Hall–Kier alpha value is -2.21. The van der Waals surface area contributed by atoms with Crippen LogP contribution in [-0.2, 0) is 6.54 Å². The molecule has 128 valence electrons. The molecule has 1 aliphatic heterocycles. The van der Waals surface area contributed by atoms with E-state index in [9.17, 15) is 4.39 Å². The van der Waals surface area contributed by atoms with Gasteiger partial charge in [-0.3, -0.25) is 4.90 Å². The van der Waals surface area contributed by atoms with Crippen molar-refractivity contribution in [2.45, 2.75) is 25.4 Å². The molecule has 0 N–H and O–H groups in total. The van der Waals surface area contributed by atoms with Gasteiger partial charge in [0.15, 0.2) is 0 Å². The van der Waals surface area contributed by atoms with Crippen LogP contribution in [0.15, 0.2) is 36.7 Å². The fourth-order valence-corrected chi connectivity index (χ4v) is 3.20. The van der Waals surface area contributed by atoms with Gasteiger partial charge < -0.3 is 9.64 Å². The minimum atomic E-state index is -0.173. The van der Waals surface area contributed by atoms with Crippen LogP contribution in [0.1, 0.15) is 18.4 Å². The van der Waals surface area contributed by atoms with Crippen LogP contribution in [0.5, 0.6) is 5.88 Å². The van der Waals surface area contributed by atoms with Crippen LogP contribution < -0.4 is 9.64 Å². The molecule has 0 unspecified atom stereocenters. The second kappa shape index (κ2) is 7.57. The summed E-state index contributed by atoms with van der Waals surface area (Å²) in [4.78, 5) is 13.0. The van der Waals surface area contributed by atoms with Gasteiger partial charge in [-0.15, -0.1) is 0 Å². The Kier molecular flexibility index (Phi) is 5.25. The highest BCUT2D eigenvalue weighted by molar-refractivity contribution is 5.41. The van der Waals surface area contributed by atoms with Crippen molar-refractivity contribution in [2.75, 3.05) is 32.1 Å². The quantitative estimate of drug-likeness (QED) is 0.843. The molecule has 0 bridgehead atoms. The van der Waals surface area contributed by atoms with Crippen molar-refractivity contribution in [1.29, 1.82) is 0 Å². The number of ether oxygens (including phenoxy) is 1. The van der Waals surface area contributed by atoms with Crippen molar-refractivity contribution in [3.8, 4) is 5.88 Å². The summed E-state index contributed by atoms with van der Waals surface area (Å²) in [6.07, 6.45) is 3.65. The van der Waals surface area contributed by atoms with E-state index in [4.69, 9.17) is 4.74 Å². The van der Waals surface area contributed by atoms with Gasteiger partial charge in [0.1, 0.15) is 18.0 Å². The van der Waals surface area contributed by atoms with E-state index in [1.807, 2.05) is 12.1 Å². The molecule has 0 amide bonds. The van der Waals surface area contributed by atoms with Crippen LogP contribution >= 0.6 is 0 Å². The van der Waals surface area contributed by atoms with Gasteiger partial charge in [-0.25, -0.2) is 14.4 Å². The van der Waals surface area contributed by atoms with Crippen molar-refractivity contribution >= 4 is 5.82 Å². The highest BCUT2D eigenvalue weighted by Gasteiger charge is 2.23. The van der Waals surface area contributed by atoms with Crippen LogP contribution in [0.25, 0.3) is 0 Å². The summed E-state index contributed by atoms with van der Waals surface area (Å²) < 4.78 is 18.5. The number of aromatic nitrogens is 2. The minimum absolute atomic E-state index is 0.173. The maximum Gasteiger partial charge on any atom is 0.218 e. The monoisotopic (exact) mass is 330 g/mol. The highest BCUT2D eigenvalue weighted by atomic mass is 19.1. The molecule has 5 nitrogen and oxygen atoms in total. The largest absolute Gasteiger partial charge is 0.481 e. The summed E-state index contributed by atoms with van der Waals surface area (Å²) in [6.45, 7) is 2.65. The topological polar surface area (TPSA) is 41.5 Å². The van der Waals surface area contributed by atoms with Crippen molar-refractivity contribution < 1.29 is 9.13 Å². The van der Waals surface area contributed by atoms with Crippen LogP contribution in [0, 0.1) is 5.82 Å². The van der Waals surface area contributed by atoms with E-state index >= 15 is 0 Å². The average Bonchev–Trinajstić information content (AvgIpc) is 2.62. The number of hydrogen-bond acceptors (Lipinski definition) is 5. The van der Waals surface area contributed by atoms with E-state index in [0.717, 1.165) is 43.9 Å². The Bertz CT molecular complexity index is 674. The van der Waals surface area contributed by atoms with E-state index < -0.39 is 0 Å². The molecule has 6 heteroatoms. The lowest BCUT2D eigenvalue weighted by Gasteiger charge is -2.37. The number of anilines is 1. The predicted octanol–water partition coefficient (Wildman–Crippen LogP) is 2.73. The molecule has 0 saturated carbocycles. The summed E-state index contributed by atoms with van der Waals surface area (Å²) in [5.74, 6) is 1.33. The fraction of sp³-hybridized carbons (Fsp3) is 0.444. The van der Waals surface area contributed by atoms with Crippen molar-refractivity contribution in [3.63, 3.8) is 0 Å². The third kappa shape index (κ3) is 4.00. The van der Waals surface area contributed by atoms with Gasteiger partial charge in [0.05, 0.1) is 7.11 Å². The van der Waals surface area contributed by atoms with Crippen molar-refractivity contribution in [1.82, 2.24) is 14.9 Å². The lowest BCUT2D eigenvalue weighted by molar-refractivity contribution is 0.200. The number of rotatable bonds is 5. The summed E-state index contributed by atoms with van der Waals surface area (Å²) in [6, 6.07) is 9.20. The molecular weight excluding hydrogens is 307 g/mol. The smallest absolute Gasteiger partial charge is 0.218 e. The Labute approximate surface area is 142 Å². The Morgan fingerprint density at radius 2 is 2.04 bits per heavy atom. The first kappa shape index (κ1) is 16.6. The third-order valence-corrected chi connectivity index (χ3v) is 4.57. The zero-order chi connectivity index (χ0) is 16.9. The number of halogens is 1. The highest BCUT2D eigenvalue weighted by Crippen LogP contribution is 2.23. The lowest BCUT2D eigenvalue weighted by atomic mass is 10.0. The lowest BCUT2D eigenvalue weighted by Crippen LogP contribution is -2.43. The van der Waals surface area contributed by atoms with Gasteiger partial charge in [0, 0.05) is 31.7 Å². The van der Waals surface area contributed by atoms with Crippen molar-refractivity contribution in [2.24, 2.45) is 0 Å². The molecule has 0 aliphatic carbocycles. The van der Waals surface area contributed by atoms with Gasteiger partial charge in [-0.1, -0.05) is 12.1 Å². The number of nitrogens with zero attached hydrogens (tertiary/aromatic N) is 4. The van der Waals surface area contributed by atoms with Crippen molar-refractivity contribution in [3.05, 3.63) is 48.0 Å². The summed E-state index contributed by atoms with van der Waals surface area (Å²) in [5.41, 5.74) is 1.01. The first-order valence-corrected chi connectivity index (χ1v) is 8.21. The summed E-state index contributed by atoms with van der Waals surface area (Å²) >= 11 is 0. The molecule has 2 aromatic rings. The van der Waals surface area contributed by atoms with E-state index in [-0.39, 0.29) is 5.82 Å². The number of piperidine rings is 1. The van der Waals surface area contributed by atoms with E-state index in [2.05, 4.69) is 26.8 Å². The molecule has 1 aromatic carbocycles. The van der Waals surface area contributed by atoms with E-state index in [1.165, 1.54) is 12.4 Å². The van der Waals surface area contributed by atoms with Crippen LogP contribution in [-0.4, -0.2) is 48.2 Å². The number of benzene rings is 1. The zero-order valence-electron chi connectivity index (χ0n) is 14.2. The maximum atomic E-state index is 13.3. The first-order chi connectivity index (χ1) is 11.7. The van der Waals surface area contributed by atoms with Crippen LogP contribution in [0.4, 0.5) is 10.2 Å². The van der Waals surface area contributed by atoms with Gasteiger partial charge >= 0.3 is 0 Å². The Morgan fingerprint density at radius 3 is 2.75 bits per heavy atom. The minimum Gasteiger partial charge on any atom is -0.481 e. The van der Waals surface area contributed by atoms with Gasteiger partial charge in [-0.05, 0) is 37.6 Å². The molecule has 2 heterocycles. The molecule has 1 aromatic heterocycles. The number of hydrogen-bond donors (Lipinski definition) is 0. The first-order valence-electron chi connectivity index (χ1n) is 8.21. The van der Waals surface area contributed by atoms with Crippen LogP contribution in [0.3, 0.4) is 0 Å². The molecule has 0 atom stereocenters. The molecule has 24 heavy (non-hydrogen) atoms. The van der Waals surface area contributed by atoms with Gasteiger partial charge in [0.25, 0.3) is 0 Å². The Morgan fingerprint density at radius 1 is 1.25 bits per heavy atom. The number of methoxy groups -OCH3 is 1. The van der Waals surface area contributed by atoms with E-state index in [1.54, 1.807) is 19.2 Å². The SMILES string of the molecule is COc1cc(N2CCC(N(C)Cc3cccc(F)c3)CC2)ncn1. The normalized spacial score (nSPS) is 15.8. The van der Waals surface area contributed by atoms with Crippen LogP contribution in [0.2, 0.25) is 0 Å². The molecule has 1 fully saturated rings. The molecule has 1 saturated heterocycles. The third-order valence-electron chi connectivity index (χ3n) is 4.57. The molecule has 0 spiro atoms. The standard InChI is InChI=1S/C18H23FN4O/c1-22(12-14-4-3-5-15(19)10-14)16-6-8-23(9-7-16)17-11-18(24-2)21-13-20-17/h3-5,10-11,13,16H,6-9,12H2,1-2H3. The summed E-state index contributed by atoms with van der Waals surface area (Å²) in [7, 11) is 3.72. The summed E-state index contributed by atoms with van der Waals surface area (Å²) in [5, 5.41) is 0.